The lowest BCUT2D eigenvalue weighted by Crippen LogP contribution is -2.09. The van der Waals surface area contributed by atoms with E-state index in [0.29, 0.717) is 13.0 Å². The second kappa shape index (κ2) is 5.70. The lowest BCUT2D eigenvalue weighted by molar-refractivity contribution is 0.156. The first-order chi connectivity index (χ1) is 8.31. The van der Waals surface area contributed by atoms with Crippen molar-refractivity contribution < 1.29 is 9.84 Å². The Morgan fingerprint density at radius 3 is 3.18 bits per heavy atom. The number of aliphatic hydroxyl groups excluding tert-OH is 1. The summed E-state index contributed by atoms with van der Waals surface area (Å²) < 4.78 is 5.56. The molecule has 17 heavy (non-hydrogen) atoms. The van der Waals surface area contributed by atoms with Crippen LogP contribution in [-0.4, -0.2) is 11.7 Å². The molecule has 3 heteroatoms. The molecule has 2 rings (SSSR count). The average Bonchev–Trinajstić information content (AvgIpc) is 2.36. The Bertz CT molecular complexity index is 423. The van der Waals surface area contributed by atoms with E-state index in [1.165, 1.54) is 5.56 Å². The van der Waals surface area contributed by atoms with Crippen molar-refractivity contribution in [3.8, 4) is 11.8 Å². The van der Waals surface area contributed by atoms with Crippen LogP contribution in [0.25, 0.3) is 0 Å². The standard InChI is InChI=1S/C14H17NO2/c15-8-1-2-9-17-12-7-6-11-4-3-5-14(16)13(11)10-12/h6-7,10,14,16H,1-5,9H2/t14-/m0/s1. The van der Waals surface area contributed by atoms with Crippen LogP contribution >= 0.6 is 0 Å². The summed E-state index contributed by atoms with van der Waals surface area (Å²) in [5.41, 5.74) is 2.24. The van der Waals surface area contributed by atoms with Crippen molar-refractivity contribution in [1.82, 2.24) is 0 Å². The van der Waals surface area contributed by atoms with Crippen LogP contribution in [0.15, 0.2) is 18.2 Å². The van der Waals surface area contributed by atoms with E-state index >= 15 is 0 Å². The number of aryl methyl sites for hydroxylation is 1. The fourth-order valence-electron chi connectivity index (χ4n) is 2.18. The zero-order chi connectivity index (χ0) is 12.1. The first-order valence-corrected chi connectivity index (χ1v) is 6.12. The molecule has 0 saturated carbocycles. The average molecular weight is 231 g/mol. The second-order valence-corrected chi connectivity index (χ2v) is 4.38. The third-order valence-corrected chi connectivity index (χ3v) is 3.10. The first kappa shape index (κ1) is 11.9. The van der Waals surface area contributed by atoms with Crippen LogP contribution in [0, 0.1) is 11.3 Å². The van der Waals surface area contributed by atoms with E-state index in [2.05, 4.69) is 6.07 Å². The lowest BCUT2D eigenvalue weighted by atomic mass is 9.89. The number of benzene rings is 1. The lowest BCUT2D eigenvalue weighted by Gasteiger charge is -2.21. The molecule has 90 valence electrons. The minimum Gasteiger partial charge on any atom is -0.494 e. The number of aliphatic hydroxyl groups is 1. The van der Waals surface area contributed by atoms with Gasteiger partial charge in [-0.3, -0.25) is 0 Å². The molecule has 1 atom stereocenters. The third kappa shape index (κ3) is 2.98. The van der Waals surface area contributed by atoms with E-state index in [9.17, 15) is 5.11 Å². The molecule has 3 nitrogen and oxygen atoms in total. The zero-order valence-corrected chi connectivity index (χ0v) is 9.85. The zero-order valence-electron chi connectivity index (χ0n) is 9.85. The fraction of sp³-hybridized carbons (Fsp3) is 0.500. The van der Waals surface area contributed by atoms with E-state index in [-0.39, 0.29) is 6.10 Å². The predicted octanol–water partition coefficient (Wildman–Crippen LogP) is 2.74. The minimum atomic E-state index is -0.346. The summed E-state index contributed by atoms with van der Waals surface area (Å²) >= 11 is 0. The highest BCUT2D eigenvalue weighted by Gasteiger charge is 2.18. The number of unbranched alkanes of at least 4 members (excludes halogenated alkanes) is 1. The highest BCUT2D eigenvalue weighted by atomic mass is 16.5. The minimum absolute atomic E-state index is 0.346. The van der Waals surface area contributed by atoms with Crippen molar-refractivity contribution in [1.29, 1.82) is 5.26 Å². The molecule has 1 aliphatic carbocycles. The van der Waals surface area contributed by atoms with E-state index in [1.54, 1.807) is 0 Å². The van der Waals surface area contributed by atoms with Gasteiger partial charge < -0.3 is 9.84 Å². The Labute approximate surface area is 102 Å². The normalized spacial score (nSPS) is 18.2. The maximum Gasteiger partial charge on any atom is 0.119 e. The Morgan fingerprint density at radius 2 is 2.35 bits per heavy atom. The Morgan fingerprint density at radius 1 is 1.47 bits per heavy atom. The van der Waals surface area contributed by atoms with Crippen LogP contribution < -0.4 is 4.74 Å². The van der Waals surface area contributed by atoms with Crippen LogP contribution in [0.2, 0.25) is 0 Å². The van der Waals surface area contributed by atoms with Gasteiger partial charge in [-0.05, 0) is 48.9 Å². The van der Waals surface area contributed by atoms with Crippen molar-refractivity contribution in [3.63, 3.8) is 0 Å². The summed E-state index contributed by atoms with van der Waals surface area (Å²) in [6.07, 6.45) is 3.85. The number of rotatable bonds is 4. The van der Waals surface area contributed by atoms with Crippen LogP contribution in [0.5, 0.6) is 5.75 Å². The smallest absolute Gasteiger partial charge is 0.119 e. The number of hydrogen-bond acceptors (Lipinski definition) is 3. The number of hydrogen-bond donors (Lipinski definition) is 1. The molecule has 0 aliphatic heterocycles. The van der Waals surface area contributed by atoms with Gasteiger partial charge in [-0.1, -0.05) is 6.07 Å². The van der Waals surface area contributed by atoms with Crippen LogP contribution in [-0.2, 0) is 6.42 Å². The summed E-state index contributed by atoms with van der Waals surface area (Å²) in [5, 5.41) is 18.3. The summed E-state index contributed by atoms with van der Waals surface area (Å²) in [6, 6.07) is 8.01. The van der Waals surface area contributed by atoms with E-state index in [0.717, 1.165) is 37.0 Å². The molecule has 0 heterocycles. The van der Waals surface area contributed by atoms with Gasteiger partial charge in [0.15, 0.2) is 0 Å². The van der Waals surface area contributed by atoms with Crippen molar-refractivity contribution in [3.05, 3.63) is 29.3 Å². The topological polar surface area (TPSA) is 53.2 Å². The van der Waals surface area contributed by atoms with Crippen molar-refractivity contribution in [2.45, 2.75) is 38.2 Å². The molecule has 1 aromatic rings. The van der Waals surface area contributed by atoms with Crippen LogP contribution in [0.1, 0.15) is 42.9 Å². The molecule has 1 aromatic carbocycles. The molecule has 0 aromatic heterocycles. The Kier molecular flexibility index (Phi) is 4.00. The van der Waals surface area contributed by atoms with Gasteiger partial charge in [0.2, 0.25) is 0 Å². The largest absolute Gasteiger partial charge is 0.494 e. The maximum atomic E-state index is 9.90. The summed E-state index contributed by atoms with van der Waals surface area (Å²) in [7, 11) is 0. The van der Waals surface area contributed by atoms with E-state index in [1.807, 2.05) is 18.2 Å². The molecule has 1 aliphatic rings. The first-order valence-electron chi connectivity index (χ1n) is 6.12. The molecule has 0 unspecified atom stereocenters. The van der Waals surface area contributed by atoms with Crippen LogP contribution in [0.3, 0.4) is 0 Å². The molecular formula is C14H17NO2. The maximum absolute atomic E-state index is 9.90. The molecule has 0 spiro atoms. The predicted molar refractivity (Wildman–Crippen MR) is 64.7 cm³/mol. The van der Waals surface area contributed by atoms with Crippen molar-refractivity contribution in [2.75, 3.05) is 6.61 Å². The monoisotopic (exact) mass is 231 g/mol. The van der Waals surface area contributed by atoms with Gasteiger partial charge in [-0.2, -0.15) is 5.26 Å². The van der Waals surface area contributed by atoms with Gasteiger partial charge in [0.25, 0.3) is 0 Å². The molecule has 0 bridgehead atoms. The van der Waals surface area contributed by atoms with Gasteiger partial charge in [0, 0.05) is 6.42 Å². The number of nitriles is 1. The summed E-state index contributed by atoms with van der Waals surface area (Å²) in [4.78, 5) is 0. The molecular weight excluding hydrogens is 214 g/mol. The number of fused-ring (bicyclic) bond motifs is 1. The summed E-state index contributed by atoms with van der Waals surface area (Å²) in [6.45, 7) is 0.558. The fourth-order valence-corrected chi connectivity index (χ4v) is 2.18. The van der Waals surface area contributed by atoms with Gasteiger partial charge >= 0.3 is 0 Å². The van der Waals surface area contributed by atoms with Crippen molar-refractivity contribution >= 4 is 0 Å². The summed E-state index contributed by atoms with van der Waals surface area (Å²) in [5.74, 6) is 0.794. The van der Waals surface area contributed by atoms with E-state index in [4.69, 9.17) is 10.00 Å². The third-order valence-electron chi connectivity index (χ3n) is 3.10. The van der Waals surface area contributed by atoms with Crippen LogP contribution in [0.4, 0.5) is 0 Å². The van der Waals surface area contributed by atoms with Crippen molar-refractivity contribution in [2.24, 2.45) is 0 Å². The number of ether oxygens (including phenoxy) is 1. The SMILES string of the molecule is N#CCCCOc1ccc2c(c1)[C@@H](O)CCC2. The van der Waals surface area contributed by atoms with Gasteiger partial charge in [0.1, 0.15) is 5.75 Å². The molecule has 0 fully saturated rings. The number of nitrogens with zero attached hydrogens (tertiary/aromatic N) is 1. The van der Waals surface area contributed by atoms with E-state index < -0.39 is 0 Å². The Hall–Kier alpha value is -1.53. The molecule has 0 radical (unpaired) electrons. The van der Waals surface area contributed by atoms with Gasteiger partial charge in [-0.25, -0.2) is 0 Å². The quantitative estimate of drug-likeness (QED) is 0.811. The molecule has 1 N–H and O–H groups in total. The van der Waals surface area contributed by atoms with Gasteiger partial charge in [-0.15, -0.1) is 0 Å². The molecule has 0 amide bonds. The second-order valence-electron chi connectivity index (χ2n) is 4.38. The highest BCUT2D eigenvalue weighted by Crippen LogP contribution is 2.32. The van der Waals surface area contributed by atoms with Gasteiger partial charge in [0.05, 0.1) is 18.8 Å². The highest BCUT2D eigenvalue weighted by molar-refractivity contribution is 5.38. The molecule has 0 saturated heterocycles. The Balaban J connectivity index is 2.00.